The molecule has 0 saturated heterocycles. The van der Waals surface area contributed by atoms with E-state index in [2.05, 4.69) is 6.07 Å². The van der Waals surface area contributed by atoms with E-state index in [9.17, 15) is 4.79 Å². The third-order valence-corrected chi connectivity index (χ3v) is 3.31. The van der Waals surface area contributed by atoms with Gasteiger partial charge in [0.2, 0.25) is 0 Å². The molecule has 21 heavy (non-hydrogen) atoms. The molecule has 0 atom stereocenters. The Morgan fingerprint density at radius 1 is 1.19 bits per heavy atom. The zero-order chi connectivity index (χ0) is 15.4. The summed E-state index contributed by atoms with van der Waals surface area (Å²) in [5.74, 6) is -0.394. The van der Waals surface area contributed by atoms with Gasteiger partial charge in [0.25, 0.3) is 0 Å². The lowest BCUT2D eigenvalue weighted by Crippen LogP contribution is -2.13. The molecule has 2 aromatic rings. The summed E-state index contributed by atoms with van der Waals surface area (Å²) in [7, 11) is 1.95. The van der Waals surface area contributed by atoms with E-state index < -0.39 is 5.97 Å². The monoisotopic (exact) mass is 284 g/mol. The summed E-state index contributed by atoms with van der Waals surface area (Å²) in [6.45, 7) is 4.15. The van der Waals surface area contributed by atoms with Crippen LogP contribution in [0.5, 0.6) is 0 Å². The Labute approximate surface area is 125 Å². The molecule has 0 aromatic heterocycles. The first-order chi connectivity index (χ1) is 10.0. The number of nitrogens with two attached hydrogens (primary N) is 1. The van der Waals surface area contributed by atoms with Crippen LogP contribution in [0.15, 0.2) is 42.5 Å². The molecule has 0 bridgehead atoms. The van der Waals surface area contributed by atoms with E-state index in [-0.39, 0.29) is 0 Å². The summed E-state index contributed by atoms with van der Waals surface area (Å²) in [6, 6.07) is 13.5. The standard InChI is InChI=1S/C17H20N2O2/c1-4-21-17(20)15-11-14(8-9-16(15)18)19(3)13-7-5-6-12(2)10-13/h5-11H,4,18H2,1-3H3. The van der Waals surface area contributed by atoms with E-state index in [4.69, 9.17) is 10.5 Å². The maximum Gasteiger partial charge on any atom is 0.340 e. The summed E-state index contributed by atoms with van der Waals surface area (Å²) in [4.78, 5) is 13.9. The summed E-state index contributed by atoms with van der Waals surface area (Å²) in [5.41, 5.74) is 9.81. The predicted molar refractivity (Wildman–Crippen MR) is 86.1 cm³/mol. The molecule has 0 aliphatic rings. The highest BCUT2D eigenvalue weighted by Gasteiger charge is 2.13. The van der Waals surface area contributed by atoms with Crippen molar-refractivity contribution in [2.75, 3.05) is 24.3 Å². The van der Waals surface area contributed by atoms with Crippen LogP contribution < -0.4 is 10.6 Å². The van der Waals surface area contributed by atoms with Crippen LogP contribution in [0.4, 0.5) is 17.1 Å². The van der Waals surface area contributed by atoms with E-state index >= 15 is 0 Å². The number of aryl methyl sites for hydroxylation is 1. The van der Waals surface area contributed by atoms with Gasteiger partial charge < -0.3 is 15.4 Å². The number of benzene rings is 2. The molecule has 0 fully saturated rings. The van der Waals surface area contributed by atoms with Gasteiger partial charge in [0, 0.05) is 24.1 Å². The number of rotatable bonds is 4. The number of nitrogens with zero attached hydrogens (tertiary/aromatic N) is 1. The van der Waals surface area contributed by atoms with E-state index in [0.717, 1.165) is 11.4 Å². The van der Waals surface area contributed by atoms with Crippen LogP contribution >= 0.6 is 0 Å². The maximum absolute atomic E-state index is 11.9. The highest BCUT2D eigenvalue weighted by Crippen LogP contribution is 2.27. The third-order valence-electron chi connectivity index (χ3n) is 3.31. The van der Waals surface area contributed by atoms with Gasteiger partial charge in [-0.15, -0.1) is 0 Å². The lowest BCUT2D eigenvalue weighted by atomic mass is 10.1. The number of anilines is 3. The van der Waals surface area contributed by atoms with Crippen molar-refractivity contribution in [2.24, 2.45) is 0 Å². The molecule has 2 N–H and O–H groups in total. The molecule has 0 spiro atoms. The number of carbonyl (C=O) groups excluding carboxylic acids is 1. The quantitative estimate of drug-likeness (QED) is 0.689. The van der Waals surface area contributed by atoms with Gasteiger partial charge in [-0.3, -0.25) is 0 Å². The first-order valence-corrected chi connectivity index (χ1v) is 6.90. The summed E-state index contributed by atoms with van der Waals surface area (Å²) in [5, 5.41) is 0. The van der Waals surface area contributed by atoms with Crippen LogP contribution in [0.2, 0.25) is 0 Å². The van der Waals surface area contributed by atoms with Gasteiger partial charge in [0.1, 0.15) is 0 Å². The van der Waals surface area contributed by atoms with Crippen molar-refractivity contribution in [2.45, 2.75) is 13.8 Å². The third kappa shape index (κ3) is 3.34. The first-order valence-electron chi connectivity index (χ1n) is 6.90. The fourth-order valence-electron chi connectivity index (χ4n) is 2.12. The van der Waals surface area contributed by atoms with Crippen molar-refractivity contribution in [3.63, 3.8) is 0 Å². The van der Waals surface area contributed by atoms with Gasteiger partial charge in [-0.1, -0.05) is 12.1 Å². The zero-order valence-corrected chi connectivity index (χ0v) is 12.6. The molecule has 4 nitrogen and oxygen atoms in total. The van der Waals surface area contributed by atoms with E-state index in [0.29, 0.717) is 17.9 Å². The lowest BCUT2D eigenvalue weighted by Gasteiger charge is -2.21. The van der Waals surface area contributed by atoms with Crippen LogP contribution in [0, 0.1) is 6.92 Å². The Bertz CT molecular complexity index is 653. The summed E-state index contributed by atoms with van der Waals surface area (Å²) >= 11 is 0. The predicted octanol–water partition coefficient (Wildman–Crippen LogP) is 3.52. The molecule has 2 aromatic carbocycles. The van der Waals surface area contributed by atoms with Crippen LogP contribution in [0.3, 0.4) is 0 Å². The Hall–Kier alpha value is -2.49. The van der Waals surface area contributed by atoms with E-state index in [1.165, 1.54) is 5.56 Å². The highest BCUT2D eigenvalue weighted by atomic mass is 16.5. The van der Waals surface area contributed by atoms with Crippen molar-refractivity contribution in [1.82, 2.24) is 0 Å². The minimum atomic E-state index is -0.394. The average molecular weight is 284 g/mol. The van der Waals surface area contributed by atoms with Crippen molar-refractivity contribution in [3.8, 4) is 0 Å². The molecule has 2 rings (SSSR count). The topological polar surface area (TPSA) is 55.6 Å². The second kappa shape index (κ2) is 6.31. The van der Waals surface area contributed by atoms with Crippen LogP contribution in [-0.2, 0) is 4.74 Å². The van der Waals surface area contributed by atoms with Crippen LogP contribution in [-0.4, -0.2) is 19.6 Å². The minimum absolute atomic E-state index is 0.330. The van der Waals surface area contributed by atoms with E-state index in [1.54, 1.807) is 19.1 Å². The number of nitrogen functional groups attached to an aromatic ring is 1. The van der Waals surface area contributed by atoms with Gasteiger partial charge in [-0.25, -0.2) is 4.79 Å². The van der Waals surface area contributed by atoms with Gasteiger partial charge in [0.15, 0.2) is 0 Å². The Kier molecular flexibility index (Phi) is 4.48. The van der Waals surface area contributed by atoms with Gasteiger partial charge in [0.05, 0.1) is 12.2 Å². The van der Waals surface area contributed by atoms with Crippen molar-refractivity contribution < 1.29 is 9.53 Å². The zero-order valence-electron chi connectivity index (χ0n) is 12.6. The fourth-order valence-corrected chi connectivity index (χ4v) is 2.12. The number of esters is 1. The molecule has 110 valence electrons. The maximum atomic E-state index is 11.9. The minimum Gasteiger partial charge on any atom is -0.462 e. The molecule has 0 aliphatic carbocycles. The largest absolute Gasteiger partial charge is 0.462 e. The summed E-state index contributed by atoms with van der Waals surface area (Å²) in [6.07, 6.45) is 0. The Morgan fingerprint density at radius 3 is 2.57 bits per heavy atom. The van der Waals surface area contributed by atoms with Crippen LogP contribution in [0.25, 0.3) is 0 Å². The molecule has 4 heteroatoms. The SMILES string of the molecule is CCOC(=O)c1cc(N(C)c2cccc(C)c2)ccc1N. The van der Waals surface area contributed by atoms with Crippen molar-refractivity contribution >= 4 is 23.0 Å². The van der Waals surface area contributed by atoms with Gasteiger partial charge >= 0.3 is 5.97 Å². The molecule has 0 radical (unpaired) electrons. The molecule has 0 unspecified atom stereocenters. The molecule has 0 saturated carbocycles. The van der Waals surface area contributed by atoms with Crippen molar-refractivity contribution in [1.29, 1.82) is 0 Å². The van der Waals surface area contributed by atoms with E-state index in [1.807, 2.05) is 43.1 Å². The molecule has 0 aliphatic heterocycles. The number of ether oxygens (including phenoxy) is 1. The fraction of sp³-hybridized carbons (Fsp3) is 0.235. The number of carbonyl (C=O) groups is 1. The average Bonchev–Trinajstić information content (AvgIpc) is 2.47. The molecule has 0 amide bonds. The summed E-state index contributed by atoms with van der Waals surface area (Å²) < 4.78 is 5.03. The second-order valence-electron chi connectivity index (χ2n) is 4.89. The lowest BCUT2D eigenvalue weighted by molar-refractivity contribution is 0.0527. The highest BCUT2D eigenvalue weighted by molar-refractivity contribution is 5.96. The first kappa shape index (κ1) is 14.9. The second-order valence-corrected chi connectivity index (χ2v) is 4.89. The smallest absolute Gasteiger partial charge is 0.340 e. The van der Waals surface area contributed by atoms with Gasteiger partial charge in [-0.05, 0) is 49.7 Å². The Morgan fingerprint density at radius 2 is 1.90 bits per heavy atom. The Balaban J connectivity index is 2.36. The molecular weight excluding hydrogens is 264 g/mol. The van der Waals surface area contributed by atoms with Crippen LogP contribution in [0.1, 0.15) is 22.8 Å². The number of hydrogen-bond acceptors (Lipinski definition) is 4. The van der Waals surface area contributed by atoms with Gasteiger partial charge in [-0.2, -0.15) is 0 Å². The normalized spacial score (nSPS) is 10.2. The number of hydrogen-bond donors (Lipinski definition) is 1. The molecule has 0 heterocycles. The van der Waals surface area contributed by atoms with Crippen molar-refractivity contribution in [3.05, 3.63) is 53.6 Å². The molecular formula is C17H20N2O2.